The van der Waals surface area contributed by atoms with Gasteiger partial charge in [-0.05, 0) is 42.3 Å². The lowest BCUT2D eigenvalue weighted by atomic mass is 10.1. The molecule has 6 heteroatoms. The van der Waals surface area contributed by atoms with Gasteiger partial charge in [0.2, 0.25) is 0 Å². The topological polar surface area (TPSA) is 41.5 Å². The van der Waals surface area contributed by atoms with E-state index in [0.717, 1.165) is 23.3 Å². The molecule has 0 radical (unpaired) electrons. The molecule has 2 N–H and O–H groups in total. The molecule has 2 aromatic carbocycles. The Morgan fingerprint density at radius 2 is 1.92 bits per heavy atom. The lowest BCUT2D eigenvalue weighted by Gasteiger charge is -2.17. The normalized spacial score (nSPS) is 11.7. The quantitative estimate of drug-likeness (QED) is 0.722. The van der Waals surface area contributed by atoms with Crippen LogP contribution < -0.4 is 10.1 Å². The van der Waals surface area contributed by atoms with Gasteiger partial charge in [0, 0.05) is 23.2 Å². The Morgan fingerprint density at radius 3 is 2.54 bits per heavy atom. The minimum Gasteiger partial charge on any atom is -0.489 e. The first kappa shape index (κ1) is 20.7. The number of benzene rings is 2. The van der Waals surface area contributed by atoms with Crippen molar-refractivity contribution in [2.45, 2.75) is 32.5 Å². The molecular formula is C18H22Cl2FNO2. The van der Waals surface area contributed by atoms with E-state index in [1.807, 2.05) is 19.1 Å². The van der Waals surface area contributed by atoms with Crippen molar-refractivity contribution in [3.63, 3.8) is 0 Å². The molecule has 0 saturated heterocycles. The van der Waals surface area contributed by atoms with Crippen molar-refractivity contribution >= 4 is 24.0 Å². The predicted octanol–water partition coefficient (Wildman–Crippen LogP) is 4.34. The fraction of sp³-hybridized carbons (Fsp3) is 0.333. The molecule has 0 aliphatic rings. The number of rotatable bonds is 8. The first-order valence-electron chi connectivity index (χ1n) is 7.62. The van der Waals surface area contributed by atoms with Gasteiger partial charge in [-0.25, -0.2) is 4.39 Å². The van der Waals surface area contributed by atoms with Gasteiger partial charge in [0.05, 0.1) is 6.61 Å². The summed E-state index contributed by atoms with van der Waals surface area (Å²) >= 11 is 6.06. The standard InChI is InChI=1S/C18H21ClFNO2.ClH/c1-2-17(11-22)21-10-14-9-15(19)5-8-18(14)23-12-13-3-6-16(20)7-4-13;/h3-9,17,21-22H,2,10-12H2,1H3;1H. The van der Waals surface area contributed by atoms with Gasteiger partial charge >= 0.3 is 0 Å². The molecule has 0 aliphatic carbocycles. The Balaban J connectivity index is 0.00000288. The number of hydrogen-bond donors (Lipinski definition) is 2. The third-order valence-corrected chi connectivity index (χ3v) is 3.86. The highest BCUT2D eigenvalue weighted by atomic mass is 35.5. The Hall–Kier alpha value is -1.33. The van der Waals surface area contributed by atoms with Gasteiger partial charge < -0.3 is 15.2 Å². The van der Waals surface area contributed by atoms with Gasteiger partial charge in [0.1, 0.15) is 18.2 Å². The molecule has 0 aliphatic heterocycles. The Labute approximate surface area is 153 Å². The Bertz CT molecular complexity index is 619. The van der Waals surface area contributed by atoms with Gasteiger partial charge in [-0.15, -0.1) is 12.4 Å². The average molecular weight is 374 g/mol. The zero-order valence-electron chi connectivity index (χ0n) is 13.5. The van der Waals surface area contributed by atoms with E-state index in [0.29, 0.717) is 18.2 Å². The van der Waals surface area contributed by atoms with Crippen LogP contribution in [0.3, 0.4) is 0 Å². The number of halogens is 3. The third-order valence-electron chi connectivity index (χ3n) is 3.62. The summed E-state index contributed by atoms with van der Waals surface area (Å²) < 4.78 is 18.8. The first-order chi connectivity index (χ1) is 11.1. The maximum Gasteiger partial charge on any atom is 0.124 e. The van der Waals surface area contributed by atoms with E-state index in [2.05, 4.69) is 5.32 Å². The zero-order valence-corrected chi connectivity index (χ0v) is 15.0. The van der Waals surface area contributed by atoms with E-state index in [1.54, 1.807) is 18.2 Å². The molecular weight excluding hydrogens is 352 g/mol. The minimum atomic E-state index is -0.264. The molecule has 0 heterocycles. The summed E-state index contributed by atoms with van der Waals surface area (Å²) in [5.41, 5.74) is 1.81. The summed E-state index contributed by atoms with van der Waals surface area (Å²) in [6.07, 6.45) is 0.836. The van der Waals surface area contributed by atoms with Crippen LogP contribution in [-0.2, 0) is 13.2 Å². The Kier molecular flexibility index (Phi) is 9.08. The van der Waals surface area contributed by atoms with E-state index < -0.39 is 0 Å². The average Bonchev–Trinajstić information content (AvgIpc) is 2.56. The largest absolute Gasteiger partial charge is 0.489 e. The number of hydrogen-bond acceptors (Lipinski definition) is 3. The fourth-order valence-corrected chi connectivity index (χ4v) is 2.36. The van der Waals surface area contributed by atoms with Crippen LogP contribution in [-0.4, -0.2) is 17.8 Å². The predicted molar refractivity (Wildman–Crippen MR) is 97.4 cm³/mol. The number of ether oxygens (including phenoxy) is 1. The molecule has 2 aromatic rings. The van der Waals surface area contributed by atoms with E-state index >= 15 is 0 Å². The summed E-state index contributed by atoms with van der Waals surface area (Å²) in [6.45, 7) is 3.01. The highest BCUT2D eigenvalue weighted by Gasteiger charge is 2.09. The van der Waals surface area contributed by atoms with Crippen LogP contribution in [0.25, 0.3) is 0 Å². The van der Waals surface area contributed by atoms with Crippen molar-refractivity contribution in [1.82, 2.24) is 5.32 Å². The summed E-state index contributed by atoms with van der Waals surface area (Å²) in [5.74, 6) is 0.457. The van der Waals surface area contributed by atoms with Crippen molar-refractivity contribution in [3.05, 3.63) is 64.4 Å². The molecule has 0 spiro atoms. The van der Waals surface area contributed by atoms with Crippen LogP contribution in [0, 0.1) is 5.82 Å². The van der Waals surface area contributed by atoms with Gasteiger partial charge in [-0.3, -0.25) is 0 Å². The van der Waals surface area contributed by atoms with Crippen LogP contribution >= 0.6 is 24.0 Å². The van der Waals surface area contributed by atoms with Crippen LogP contribution in [0.15, 0.2) is 42.5 Å². The molecule has 0 bridgehead atoms. The molecule has 1 atom stereocenters. The van der Waals surface area contributed by atoms with E-state index in [9.17, 15) is 9.50 Å². The third kappa shape index (κ3) is 6.29. The van der Waals surface area contributed by atoms with Crippen molar-refractivity contribution in [1.29, 1.82) is 0 Å². The van der Waals surface area contributed by atoms with Crippen LogP contribution in [0.5, 0.6) is 5.75 Å². The lowest BCUT2D eigenvalue weighted by molar-refractivity contribution is 0.237. The fourth-order valence-electron chi connectivity index (χ4n) is 2.16. The van der Waals surface area contributed by atoms with Crippen LogP contribution in [0.1, 0.15) is 24.5 Å². The van der Waals surface area contributed by atoms with Crippen molar-refractivity contribution in [2.24, 2.45) is 0 Å². The number of aliphatic hydroxyl groups excluding tert-OH is 1. The van der Waals surface area contributed by atoms with Crippen LogP contribution in [0.4, 0.5) is 4.39 Å². The second-order valence-corrected chi connectivity index (χ2v) is 5.77. The van der Waals surface area contributed by atoms with Gasteiger partial charge in [0.25, 0.3) is 0 Å². The van der Waals surface area contributed by atoms with E-state index in [4.69, 9.17) is 16.3 Å². The molecule has 0 saturated carbocycles. The van der Waals surface area contributed by atoms with E-state index in [1.165, 1.54) is 12.1 Å². The maximum absolute atomic E-state index is 12.9. The van der Waals surface area contributed by atoms with Crippen molar-refractivity contribution in [2.75, 3.05) is 6.61 Å². The summed E-state index contributed by atoms with van der Waals surface area (Å²) in [7, 11) is 0. The zero-order chi connectivity index (χ0) is 16.7. The first-order valence-corrected chi connectivity index (χ1v) is 8.00. The molecule has 0 fully saturated rings. The lowest BCUT2D eigenvalue weighted by Crippen LogP contribution is -2.31. The molecule has 132 valence electrons. The Morgan fingerprint density at radius 1 is 1.21 bits per heavy atom. The molecule has 3 nitrogen and oxygen atoms in total. The van der Waals surface area contributed by atoms with Crippen molar-refractivity contribution in [3.8, 4) is 5.75 Å². The van der Waals surface area contributed by atoms with E-state index in [-0.39, 0.29) is 30.9 Å². The summed E-state index contributed by atoms with van der Waals surface area (Å²) in [6, 6.07) is 11.7. The maximum atomic E-state index is 12.9. The number of nitrogens with one attached hydrogen (secondary N) is 1. The SMILES string of the molecule is CCC(CO)NCc1cc(Cl)ccc1OCc1ccc(F)cc1.Cl. The highest BCUT2D eigenvalue weighted by molar-refractivity contribution is 6.30. The molecule has 0 amide bonds. The van der Waals surface area contributed by atoms with Crippen LogP contribution in [0.2, 0.25) is 5.02 Å². The second kappa shape index (κ2) is 10.5. The smallest absolute Gasteiger partial charge is 0.124 e. The monoisotopic (exact) mass is 373 g/mol. The van der Waals surface area contributed by atoms with Crippen molar-refractivity contribution < 1.29 is 14.2 Å². The molecule has 0 aromatic heterocycles. The van der Waals surface area contributed by atoms with Gasteiger partial charge in [0.15, 0.2) is 0 Å². The van der Waals surface area contributed by atoms with Gasteiger partial charge in [-0.1, -0.05) is 30.7 Å². The minimum absolute atomic E-state index is 0. The highest BCUT2D eigenvalue weighted by Crippen LogP contribution is 2.24. The molecule has 2 rings (SSSR count). The molecule has 1 unspecified atom stereocenters. The van der Waals surface area contributed by atoms with Gasteiger partial charge in [-0.2, -0.15) is 0 Å². The summed E-state index contributed by atoms with van der Waals surface area (Å²) in [5, 5.41) is 13.2. The second-order valence-electron chi connectivity index (χ2n) is 5.34. The molecule has 24 heavy (non-hydrogen) atoms. The number of aliphatic hydroxyl groups is 1. The summed E-state index contributed by atoms with van der Waals surface area (Å²) in [4.78, 5) is 0.